The van der Waals surface area contributed by atoms with Gasteiger partial charge in [-0.2, -0.15) is 8.75 Å². The Kier molecular flexibility index (Phi) is 3.36. The molecule has 0 bridgehead atoms. The SMILES string of the molecule is Cc1csc(C#Cc2cccc(-c3cnsn3)c2)n1. The number of benzene rings is 1. The molecular weight excluding hydrogens is 274 g/mol. The van der Waals surface area contributed by atoms with E-state index < -0.39 is 0 Å². The number of aromatic nitrogens is 3. The first-order valence-electron chi connectivity index (χ1n) is 5.63. The molecule has 0 atom stereocenters. The van der Waals surface area contributed by atoms with Crippen molar-refractivity contribution in [1.82, 2.24) is 13.7 Å². The molecule has 0 unspecified atom stereocenters. The highest BCUT2D eigenvalue weighted by atomic mass is 32.1. The third kappa shape index (κ3) is 2.87. The molecule has 0 fully saturated rings. The minimum absolute atomic E-state index is 0.846. The maximum atomic E-state index is 4.32. The van der Waals surface area contributed by atoms with Gasteiger partial charge in [0, 0.05) is 22.2 Å². The molecule has 3 aromatic rings. The number of hydrogen-bond donors (Lipinski definition) is 0. The van der Waals surface area contributed by atoms with Crippen LogP contribution < -0.4 is 0 Å². The predicted molar refractivity (Wildman–Crippen MR) is 78.2 cm³/mol. The van der Waals surface area contributed by atoms with E-state index in [-0.39, 0.29) is 0 Å². The maximum absolute atomic E-state index is 4.32. The fourth-order valence-corrected chi connectivity index (χ4v) is 2.66. The molecule has 92 valence electrons. The Bertz CT molecular complexity index is 748. The van der Waals surface area contributed by atoms with E-state index in [2.05, 4.69) is 25.6 Å². The summed E-state index contributed by atoms with van der Waals surface area (Å²) in [5, 5.41) is 2.85. The third-order valence-corrected chi connectivity index (χ3v) is 3.81. The van der Waals surface area contributed by atoms with Crippen molar-refractivity contribution in [3.63, 3.8) is 0 Å². The second kappa shape index (κ2) is 5.31. The van der Waals surface area contributed by atoms with Gasteiger partial charge in [-0.25, -0.2) is 4.98 Å². The van der Waals surface area contributed by atoms with Crippen LogP contribution in [0.1, 0.15) is 16.3 Å². The fourth-order valence-electron chi connectivity index (χ4n) is 1.59. The third-order valence-electron chi connectivity index (χ3n) is 2.45. The fraction of sp³-hybridized carbons (Fsp3) is 0.0714. The Morgan fingerprint density at radius 3 is 2.89 bits per heavy atom. The molecule has 0 spiro atoms. The van der Waals surface area contributed by atoms with Crippen molar-refractivity contribution in [3.8, 4) is 23.1 Å². The van der Waals surface area contributed by atoms with Crippen LogP contribution >= 0.6 is 23.1 Å². The van der Waals surface area contributed by atoms with E-state index in [1.807, 2.05) is 36.6 Å². The summed E-state index contributed by atoms with van der Waals surface area (Å²) in [6.45, 7) is 1.97. The molecule has 0 aliphatic carbocycles. The molecule has 3 rings (SSSR count). The van der Waals surface area contributed by atoms with Crippen molar-refractivity contribution >= 4 is 23.1 Å². The van der Waals surface area contributed by atoms with Gasteiger partial charge in [-0.3, -0.25) is 0 Å². The molecule has 0 aliphatic heterocycles. The Balaban J connectivity index is 1.90. The van der Waals surface area contributed by atoms with E-state index in [1.54, 1.807) is 17.5 Å². The highest BCUT2D eigenvalue weighted by Crippen LogP contribution is 2.18. The lowest BCUT2D eigenvalue weighted by molar-refractivity contribution is 1.25. The van der Waals surface area contributed by atoms with Gasteiger partial charge in [-0.1, -0.05) is 18.1 Å². The van der Waals surface area contributed by atoms with Gasteiger partial charge in [0.05, 0.1) is 17.9 Å². The molecule has 0 N–H and O–H groups in total. The van der Waals surface area contributed by atoms with Crippen LogP contribution in [0.4, 0.5) is 0 Å². The van der Waals surface area contributed by atoms with Gasteiger partial charge in [-0.15, -0.1) is 11.3 Å². The van der Waals surface area contributed by atoms with Gasteiger partial charge < -0.3 is 0 Å². The van der Waals surface area contributed by atoms with Crippen molar-refractivity contribution in [2.75, 3.05) is 0 Å². The number of aryl methyl sites for hydroxylation is 1. The molecule has 2 aromatic heterocycles. The lowest BCUT2D eigenvalue weighted by Gasteiger charge is -1.96. The number of nitrogens with zero attached hydrogens (tertiary/aromatic N) is 3. The molecule has 5 heteroatoms. The molecule has 2 heterocycles. The monoisotopic (exact) mass is 283 g/mol. The summed E-state index contributed by atoms with van der Waals surface area (Å²) in [6.07, 6.45) is 1.77. The van der Waals surface area contributed by atoms with E-state index >= 15 is 0 Å². The Morgan fingerprint density at radius 2 is 2.16 bits per heavy atom. The van der Waals surface area contributed by atoms with E-state index in [9.17, 15) is 0 Å². The van der Waals surface area contributed by atoms with Gasteiger partial charge in [-0.05, 0) is 25.0 Å². The first kappa shape index (κ1) is 12.0. The molecule has 3 nitrogen and oxygen atoms in total. The Labute approximate surface area is 119 Å². The average molecular weight is 283 g/mol. The largest absolute Gasteiger partial charge is 0.233 e. The summed E-state index contributed by atoms with van der Waals surface area (Å²) in [6, 6.07) is 7.99. The molecule has 0 radical (unpaired) electrons. The summed E-state index contributed by atoms with van der Waals surface area (Å²) < 4.78 is 8.23. The molecule has 0 saturated heterocycles. The van der Waals surface area contributed by atoms with Crippen LogP contribution in [0.2, 0.25) is 0 Å². The average Bonchev–Trinajstić information content (AvgIpc) is 3.08. The Hall–Kier alpha value is -2.03. The topological polar surface area (TPSA) is 38.7 Å². The number of thiazole rings is 1. The van der Waals surface area contributed by atoms with Crippen LogP contribution in [0, 0.1) is 18.8 Å². The quantitative estimate of drug-likeness (QED) is 0.643. The van der Waals surface area contributed by atoms with E-state index in [0.717, 1.165) is 27.5 Å². The van der Waals surface area contributed by atoms with E-state index in [1.165, 1.54) is 11.7 Å². The van der Waals surface area contributed by atoms with Crippen molar-refractivity contribution in [2.45, 2.75) is 6.92 Å². The highest BCUT2D eigenvalue weighted by molar-refractivity contribution is 7.10. The van der Waals surface area contributed by atoms with Gasteiger partial charge in [0.15, 0.2) is 5.01 Å². The van der Waals surface area contributed by atoms with Crippen LogP contribution in [0.5, 0.6) is 0 Å². The summed E-state index contributed by atoms with van der Waals surface area (Å²) in [7, 11) is 0. The van der Waals surface area contributed by atoms with Crippen LogP contribution in [0.25, 0.3) is 11.3 Å². The molecular formula is C14H9N3S2. The lowest BCUT2D eigenvalue weighted by Crippen LogP contribution is -1.80. The molecule has 0 aliphatic rings. The van der Waals surface area contributed by atoms with Crippen molar-refractivity contribution in [2.24, 2.45) is 0 Å². The minimum atomic E-state index is 0.846. The first-order valence-corrected chi connectivity index (χ1v) is 7.24. The van der Waals surface area contributed by atoms with Crippen LogP contribution in [0.3, 0.4) is 0 Å². The molecule has 0 amide bonds. The first-order chi connectivity index (χ1) is 9.31. The van der Waals surface area contributed by atoms with Crippen LogP contribution in [-0.2, 0) is 0 Å². The predicted octanol–water partition coefficient (Wildman–Crippen LogP) is 3.37. The smallest absolute Gasteiger partial charge is 0.167 e. The maximum Gasteiger partial charge on any atom is 0.167 e. The van der Waals surface area contributed by atoms with E-state index in [0.29, 0.717) is 0 Å². The standard InChI is InChI=1S/C14H9N3S2/c1-10-9-18-14(16-10)6-5-11-3-2-4-12(7-11)13-8-15-19-17-13/h2-4,7-9H,1H3. The lowest BCUT2D eigenvalue weighted by atomic mass is 10.1. The number of rotatable bonds is 1. The van der Waals surface area contributed by atoms with Crippen LogP contribution in [0.15, 0.2) is 35.8 Å². The number of hydrogen-bond acceptors (Lipinski definition) is 5. The minimum Gasteiger partial charge on any atom is -0.233 e. The summed E-state index contributed by atoms with van der Waals surface area (Å²) in [5.41, 5.74) is 3.89. The summed E-state index contributed by atoms with van der Waals surface area (Å²) in [4.78, 5) is 4.32. The normalized spacial score (nSPS) is 9.95. The summed E-state index contributed by atoms with van der Waals surface area (Å²) >= 11 is 2.77. The molecule has 0 saturated carbocycles. The zero-order valence-corrected chi connectivity index (χ0v) is 11.8. The van der Waals surface area contributed by atoms with Crippen LogP contribution in [-0.4, -0.2) is 13.7 Å². The van der Waals surface area contributed by atoms with Gasteiger partial charge in [0.25, 0.3) is 0 Å². The highest BCUT2D eigenvalue weighted by Gasteiger charge is 2.00. The van der Waals surface area contributed by atoms with Gasteiger partial charge in [0.2, 0.25) is 0 Å². The second-order valence-electron chi connectivity index (χ2n) is 3.92. The molecule has 19 heavy (non-hydrogen) atoms. The van der Waals surface area contributed by atoms with Crippen molar-refractivity contribution in [1.29, 1.82) is 0 Å². The second-order valence-corrected chi connectivity index (χ2v) is 5.33. The Morgan fingerprint density at radius 1 is 1.21 bits per heavy atom. The zero-order valence-electron chi connectivity index (χ0n) is 10.1. The summed E-state index contributed by atoms with van der Waals surface area (Å²) in [5.74, 6) is 6.21. The van der Waals surface area contributed by atoms with Gasteiger partial charge in [0.1, 0.15) is 5.69 Å². The zero-order chi connectivity index (χ0) is 13.1. The molecule has 1 aromatic carbocycles. The van der Waals surface area contributed by atoms with Gasteiger partial charge >= 0.3 is 0 Å². The van der Waals surface area contributed by atoms with Crippen molar-refractivity contribution < 1.29 is 0 Å². The van der Waals surface area contributed by atoms with Crippen molar-refractivity contribution in [3.05, 3.63) is 52.1 Å². The van der Waals surface area contributed by atoms with E-state index in [4.69, 9.17) is 0 Å².